The standard InChI is InChI=1S/C23H19Cl2F3N4O4/c1-35-7-8-36-13-31-20(33)12-30-32(22(31)34)19-4-2-3-15(21(19)25)9-16(11-29)14-5-6-18(24)17(10-14)23(26,27)28/h2-6,10,12,16H,7-9,13H2,1H3. The average molecular weight is 543 g/mol. The number of benzene rings is 2. The number of aromatic nitrogens is 3. The third-order valence-electron chi connectivity index (χ3n) is 5.18. The molecule has 0 radical (unpaired) electrons. The summed E-state index contributed by atoms with van der Waals surface area (Å²) in [7, 11) is 1.48. The lowest BCUT2D eigenvalue weighted by molar-refractivity contribution is -0.137. The Morgan fingerprint density at radius 3 is 2.58 bits per heavy atom. The molecule has 0 saturated heterocycles. The molecule has 2 aromatic carbocycles. The van der Waals surface area contributed by atoms with E-state index in [0.29, 0.717) is 5.56 Å². The van der Waals surface area contributed by atoms with Gasteiger partial charge in [-0.25, -0.2) is 9.36 Å². The highest BCUT2D eigenvalue weighted by Gasteiger charge is 2.34. The molecule has 0 N–H and O–H groups in total. The lowest BCUT2D eigenvalue weighted by Crippen LogP contribution is -2.41. The fourth-order valence-corrected chi connectivity index (χ4v) is 3.85. The Balaban J connectivity index is 1.96. The van der Waals surface area contributed by atoms with Gasteiger partial charge in [0.15, 0.2) is 0 Å². The quantitative estimate of drug-likeness (QED) is 0.376. The Morgan fingerprint density at radius 1 is 1.17 bits per heavy atom. The smallest absolute Gasteiger partial charge is 0.382 e. The molecule has 0 aliphatic carbocycles. The number of nitriles is 1. The minimum Gasteiger partial charge on any atom is -0.382 e. The summed E-state index contributed by atoms with van der Waals surface area (Å²) in [6, 6.07) is 9.85. The van der Waals surface area contributed by atoms with Crippen LogP contribution in [0.3, 0.4) is 0 Å². The van der Waals surface area contributed by atoms with Gasteiger partial charge in [0, 0.05) is 7.11 Å². The van der Waals surface area contributed by atoms with Crippen LogP contribution in [0.1, 0.15) is 22.6 Å². The van der Waals surface area contributed by atoms with Crippen molar-refractivity contribution >= 4 is 23.2 Å². The molecule has 8 nitrogen and oxygen atoms in total. The van der Waals surface area contributed by atoms with E-state index in [0.717, 1.165) is 27.6 Å². The van der Waals surface area contributed by atoms with Crippen molar-refractivity contribution in [3.63, 3.8) is 0 Å². The fraction of sp³-hybridized carbons (Fsp3) is 0.304. The molecule has 0 amide bonds. The van der Waals surface area contributed by atoms with Crippen molar-refractivity contribution in [2.24, 2.45) is 0 Å². The third kappa shape index (κ3) is 6.14. The highest BCUT2D eigenvalue weighted by atomic mass is 35.5. The van der Waals surface area contributed by atoms with Crippen LogP contribution in [0.4, 0.5) is 13.2 Å². The molecule has 0 fully saturated rings. The summed E-state index contributed by atoms with van der Waals surface area (Å²) in [6.45, 7) is 0.0761. The maximum atomic E-state index is 13.3. The second kappa shape index (κ2) is 11.7. The molecule has 190 valence electrons. The van der Waals surface area contributed by atoms with Gasteiger partial charge in [-0.05, 0) is 35.7 Å². The van der Waals surface area contributed by atoms with E-state index in [2.05, 4.69) is 5.10 Å². The summed E-state index contributed by atoms with van der Waals surface area (Å²) in [4.78, 5) is 25.0. The summed E-state index contributed by atoms with van der Waals surface area (Å²) in [5.74, 6) is -0.996. The summed E-state index contributed by atoms with van der Waals surface area (Å²) in [6.07, 6.45) is -3.82. The van der Waals surface area contributed by atoms with Crippen molar-refractivity contribution in [2.45, 2.75) is 25.2 Å². The van der Waals surface area contributed by atoms with Crippen LogP contribution in [-0.2, 0) is 28.8 Å². The van der Waals surface area contributed by atoms with Gasteiger partial charge in [0.25, 0.3) is 5.56 Å². The first kappa shape index (κ1) is 27.4. The Kier molecular flexibility index (Phi) is 8.92. The molecule has 1 unspecified atom stereocenters. The lowest BCUT2D eigenvalue weighted by Gasteiger charge is -2.16. The van der Waals surface area contributed by atoms with Crippen LogP contribution in [-0.4, -0.2) is 34.7 Å². The highest BCUT2D eigenvalue weighted by Crippen LogP contribution is 2.37. The predicted molar refractivity (Wildman–Crippen MR) is 125 cm³/mol. The lowest BCUT2D eigenvalue weighted by atomic mass is 9.92. The van der Waals surface area contributed by atoms with Crippen LogP contribution in [0.2, 0.25) is 10.0 Å². The highest BCUT2D eigenvalue weighted by molar-refractivity contribution is 6.33. The van der Waals surface area contributed by atoms with Gasteiger partial charge < -0.3 is 9.47 Å². The van der Waals surface area contributed by atoms with Gasteiger partial charge in [0.2, 0.25) is 0 Å². The van der Waals surface area contributed by atoms with Crippen LogP contribution >= 0.6 is 23.2 Å². The first-order valence-corrected chi connectivity index (χ1v) is 11.1. The second-order valence-electron chi connectivity index (χ2n) is 7.51. The van der Waals surface area contributed by atoms with Crippen LogP contribution in [0, 0.1) is 11.3 Å². The number of rotatable bonds is 9. The van der Waals surface area contributed by atoms with Crippen molar-refractivity contribution in [1.29, 1.82) is 5.26 Å². The third-order valence-corrected chi connectivity index (χ3v) is 5.94. The van der Waals surface area contributed by atoms with Gasteiger partial charge in [-0.3, -0.25) is 4.79 Å². The fourth-order valence-electron chi connectivity index (χ4n) is 3.34. The molecule has 36 heavy (non-hydrogen) atoms. The zero-order valence-corrected chi connectivity index (χ0v) is 20.3. The molecule has 0 spiro atoms. The summed E-state index contributed by atoms with van der Waals surface area (Å²) < 4.78 is 51.7. The van der Waals surface area contributed by atoms with Gasteiger partial charge in [-0.2, -0.15) is 28.2 Å². The first-order valence-electron chi connectivity index (χ1n) is 10.4. The maximum Gasteiger partial charge on any atom is 0.417 e. The second-order valence-corrected chi connectivity index (χ2v) is 8.29. The number of hydrogen-bond acceptors (Lipinski definition) is 6. The number of halogens is 5. The maximum absolute atomic E-state index is 13.3. The van der Waals surface area contributed by atoms with Crippen LogP contribution in [0.25, 0.3) is 5.69 Å². The molecule has 1 aromatic heterocycles. The molecule has 1 heterocycles. The minimum absolute atomic E-state index is 0.0443. The van der Waals surface area contributed by atoms with Gasteiger partial charge in [0.05, 0.1) is 46.5 Å². The molecule has 1 atom stereocenters. The number of alkyl halides is 3. The van der Waals surface area contributed by atoms with E-state index in [1.54, 1.807) is 12.1 Å². The van der Waals surface area contributed by atoms with Gasteiger partial charge >= 0.3 is 11.9 Å². The van der Waals surface area contributed by atoms with Crippen molar-refractivity contribution in [1.82, 2.24) is 14.3 Å². The van der Waals surface area contributed by atoms with Crippen LogP contribution < -0.4 is 11.2 Å². The van der Waals surface area contributed by atoms with E-state index < -0.39 is 33.9 Å². The largest absolute Gasteiger partial charge is 0.417 e. The summed E-state index contributed by atoms with van der Waals surface area (Å²) in [5.41, 5.74) is -1.95. The summed E-state index contributed by atoms with van der Waals surface area (Å²) >= 11 is 12.2. The van der Waals surface area contributed by atoms with Crippen molar-refractivity contribution in [3.05, 3.63) is 90.2 Å². The first-order chi connectivity index (χ1) is 17.1. The topological polar surface area (TPSA) is 99.1 Å². The van der Waals surface area contributed by atoms with Gasteiger partial charge in [-0.15, -0.1) is 0 Å². The van der Waals surface area contributed by atoms with Crippen LogP contribution in [0.15, 0.2) is 52.2 Å². The van der Waals surface area contributed by atoms with E-state index in [1.807, 2.05) is 6.07 Å². The zero-order valence-electron chi connectivity index (χ0n) is 18.8. The number of hydrogen-bond donors (Lipinski definition) is 0. The van der Waals surface area contributed by atoms with E-state index in [9.17, 15) is 28.0 Å². The van der Waals surface area contributed by atoms with Crippen molar-refractivity contribution in [2.75, 3.05) is 20.3 Å². The van der Waals surface area contributed by atoms with Crippen LogP contribution in [0.5, 0.6) is 0 Å². The molecular formula is C23H19Cl2F3N4O4. The van der Waals surface area contributed by atoms with Gasteiger partial charge in [-0.1, -0.05) is 41.4 Å². The zero-order chi connectivity index (χ0) is 26.5. The summed E-state index contributed by atoms with van der Waals surface area (Å²) in [5, 5.41) is 13.1. The van der Waals surface area contributed by atoms with Gasteiger partial charge in [0.1, 0.15) is 12.9 Å². The van der Waals surface area contributed by atoms with E-state index in [4.69, 9.17) is 32.7 Å². The Morgan fingerprint density at radius 2 is 1.92 bits per heavy atom. The number of methoxy groups -OCH3 is 1. The molecule has 0 saturated carbocycles. The SMILES string of the molecule is COCCOCn1c(=O)cnn(-c2cccc(CC(C#N)c3ccc(Cl)c(C(F)(F)F)c3)c2Cl)c1=O. The molecule has 3 rings (SSSR count). The van der Waals surface area contributed by atoms with E-state index in [-0.39, 0.29) is 42.6 Å². The molecule has 0 aliphatic heterocycles. The normalized spacial score (nSPS) is 12.4. The number of ether oxygens (including phenoxy) is 2. The minimum atomic E-state index is -4.69. The monoisotopic (exact) mass is 542 g/mol. The Labute approximate surface area is 213 Å². The Bertz CT molecular complexity index is 1400. The van der Waals surface area contributed by atoms with Crippen molar-refractivity contribution < 1.29 is 22.6 Å². The van der Waals surface area contributed by atoms with E-state index >= 15 is 0 Å². The average Bonchev–Trinajstić information content (AvgIpc) is 2.83. The molecule has 0 bridgehead atoms. The molecule has 0 aliphatic rings. The Hall–Kier alpha value is -3.17. The predicted octanol–water partition coefficient (Wildman–Crippen LogP) is 4.19. The number of nitrogens with zero attached hydrogens (tertiary/aromatic N) is 4. The molecule has 13 heteroatoms. The molecule has 3 aromatic rings. The van der Waals surface area contributed by atoms with E-state index in [1.165, 1.54) is 19.2 Å². The molecular weight excluding hydrogens is 524 g/mol. The van der Waals surface area contributed by atoms with Crippen molar-refractivity contribution in [3.8, 4) is 11.8 Å².